The molecule has 0 aromatic carbocycles. The molecule has 8 nitrogen and oxygen atoms in total. The molecule has 3 N–H and O–H groups in total. The first-order valence-corrected chi connectivity index (χ1v) is 5.89. The van der Waals surface area contributed by atoms with Crippen molar-refractivity contribution < 1.29 is 19.7 Å². The fourth-order valence-corrected chi connectivity index (χ4v) is 1.27. The Morgan fingerprint density at radius 1 is 1.43 bits per heavy atom. The van der Waals surface area contributed by atoms with Gasteiger partial charge in [-0.2, -0.15) is 0 Å². The summed E-state index contributed by atoms with van der Waals surface area (Å²) < 4.78 is 5.22. The van der Waals surface area contributed by atoms with Crippen LogP contribution in [0.1, 0.15) is 29.9 Å². The molecule has 2 aromatic rings. The first-order chi connectivity index (χ1) is 9.85. The van der Waals surface area contributed by atoms with Crippen LogP contribution in [0, 0.1) is 11.8 Å². The number of hydrogen-bond acceptors (Lipinski definition) is 6. The van der Waals surface area contributed by atoms with Gasteiger partial charge in [-0.25, -0.2) is 14.9 Å². The standard InChI is InChI=1S/C13H12N4O4/c1-13(2,20)6-5-8-3-4-9(14-7-8)21-11-10(12(18)19)15-17-16-11/h3-4,7,20H,1-2H3,(H,18,19)(H,15,16,17). The fraction of sp³-hybridized carbons (Fsp3) is 0.231. The summed E-state index contributed by atoms with van der Waals surface area (Å²) in [4.78, 5) is 14.8. The Morgan fingerprint density at radius 3 is 2.76 bits per heavy atom. The Kier molecular flexibility index (Phi) is 3.86. The van der Waals surface area contributed by atoms with E-state index in [1.165, 1.54) is 12.3 Å². The Balaban J connectivity index is 2.14. The number of aromatic carboxylic acids is 1. The molecular weight excluding hydrogens is 276 g/mol. The van der Waals surface area contributed by atoms with Crippen LogP contribution >= 0.6 is 0 Å². The van der Waals surface area contributed by atoms with Gasteiger partial charge in [-0.3, -0.25) is 0 Å². The van der Waals surface area contributed by atoms with Crippen molar-refractivity contribution in [1.29, 1.82) is 0 Å². The average molecular weight is 288 g/mol. The van der Waals surface area contributed by atoms with Gasteiger partial charge >= 0.3 is 5.97 Å². The molecule has 2 heterocycles. The molecule has 0 aliphatic rings. The quantitative estimate of drug-likeness (QED) is 0.714. The summed E-state index contributed by atoms with van der Waals surface area (Å²) >= 11 is 0. The number of carboxylic acid groups (broad SMARTS) is 1. The van der Waals surface area contributed by atoms with Crippen molar-refractivity contribution in [3.8, 4) is 23.6 Å². The highest BCUT2D eigenvalue weighted by Gasteiger charge is 2.16. The SMILES string of the molecule is CC(C)(O)C#Cc1ccc(Oc2nn[nH]c2C(=O)O)nc1. The molecule has 0 unspecified atom stereocenters. The molecule has 0 saturated heterocycles. The van der Waals surface area contributed by atoms with Crippen molar-refractivity contribution in [2.45, 2.75) is 19.4 Å². The lowest BCUT2D eigenvalue weighted by molar-refractivity contribution is 0.0687. The Labute approximate surface area is 119 Å². The number of carbonyl (C=O) groups is 1. The average Bonchev–Trinajstić information content (AvgIpc) is 2.85. The van der Waals surface area contributed by atoms with Crippen LogP contribution in [0.2, 0.25) is 0 Å². The van der Waals surface area contributed by atoms with E-state index >= 15 is 0 Å². The second-order valence-electron chi connectivity index (χ2n) is 4.59. The van der Waals surface area contributed by atoms with E-state index in [4.69, 9.17) is 9.84 Å². The molecule has 0 bridgehead atoms. The summed E-state index contributed by atoms with van der Waals surface area (Å²) in [5.41, 5.74) is -0.766. The molecule has 0 atom stereocenters. The minimum Gasteiger partial charge on any atom is -0.476 e. The predicted octanol–water partition coefficient (Wildman–Crippen LogP) is 0.813. The van der Waals surface area contributed by atoms with Gasteiger partial charge in [0, 0.05) is 17.8 Å². The maximum Gasteiger partial charge on any atom is 0.359 e. The van der Waals surface area contributed by atoms with Crippen molar-refractivity contribution in [3.63, 3.8) is 0 Å². The van der Waals surface area contributed by atoms with Crippen molar-refractivity contribution >= 4 is 5.97 Å². The van der Waals surface area contributed by atoms with Crippen LogP contribution in [0.15, 0.2) is 18.3 Å². The van der Waals surface area contributed by atoms with Gasteiger partial charge in [-0.1, -0.05) is 22.2 Å². The van der Waals surface area contributed by atoms with Crippen LogP contribution in [-0.2, 0) is 0 Å². The van der Waals surface area contributed by atoms with Crippen molar-refractivity contribution in [2.24, 2.45) is 0 Å². The van der Waals surface area contributed by atoms with E-state index in [2.05, 4.69) is 32.2 Å². The van der Waals surface area contributed by atoms with Crippen LogP contribution in [0.5, 0.6) is 11.8 Å². The minimum atomic E-state index is -1.23. The van der Waals surface area contributed by atoms with Gasteiger partial charge in [-0.05, 0) is 19.9 Å². The number of nitrogens with one attached hydrogen (secondary N) is 1. The summed E-state index contributed by atoms with van der Waals surface area (Å²) in [6.45, 7) is 3.14. The van der Waals surface area contributed by atoms with Crippen LogP contribution in [-0.4, -0.2) is 42.2 Å². The summed E-state index contributed by atoms with van der Waals surface area (Å²) in [5.74, 6) is 4.14. The summed E-state index contributed by atoms with van der Waals surface area (Å²) in [5, 5.41) is 27.4. The largest absolute Gasteiger partial charge is 0.476 e. The zero-order chi connectivity index (χ0) is 15.5. The second-order valence-corrected chi connectivity index (χ2v) is 4.59. The molecule has 0 saturated carbocycles. The van der Waals surface area contributed by atoms with Crippen molar-refractivity contribution in [3.05, 3.63) is 29.6 Å². The Hall–Kier alpha value is -2.92. The van der Waals surface area contributed by atoms with Crippen LogP contribution in [0.3, 0.4) is 0 Å². The lowest BCUT2D eigenvalue weighted by atomic mass is 10.1. The monoisotopic (exact) mass is 288 g/mol. The third kappa shape index (κ3) is 4.02. The van der Waals surface area contributed by atoms with Crippen LogP contribution in [0.25, 0.3) is 0 Å². The normalized spacial score (nSPS) is 10.6. The van der Waals surface area contributed by atoms with Crippen molar-refractivity contribution in [2.75, 3.05) is 0 Å². The number of hydrogen-bond donors (Lipinski definition) is 3. The highest BCUT2D eigenvalue weighted by molar-refractivity contribution is 5.87. The van der Waals surface area contributed by atoms with E-state index in [0.29, 0.717) is 5.56 Å². The van der Waals surface area contributed by atoms with Gasteiger partial charge in [0.2, 0.25) is 11.6 Å². The van der Waals surface area contributed by atoms with E-state index in [0.717, 1.165) is 0 Å². The minimum absolute atomic E-state index is 0.153. The molecule has 0 radical (unpaired) electrons. The van der Waals surface area contributed by atoms with Gasteiger partial charge in [0.05, 0.1) is 0 Å². The molecule has 0 amide bonds. The third-order valence-corrected chi connectivity index (χ3v) is 2.18. The van der Waals surface area contributed by atoms with Crippen molar-refractivity contribution in [1.82, 2.24) is 20.4 Å². The molecule has 0 fully saturated rings. The summed E-state index contributed by atoms with van der Waals surface area (Å²) in [7, 11) is 0. The predicted molar refractivity (Wildman–Crippen MR) is 70.8 cm³/mol. The molecule has 2 aromatic heterocycles. The number of nitrogens with zero attached hydrogens (tertiary/aromatic N) is 3. The lowest BCUT2D eigenvalue weighted by Crippen LogP contribution is -2.14. The molecule has 0 aliphatic carbocycles. The highest BCUT2D eigenvalue weighted by atomic mass is 16.5. The van der Waals surface area contributed by atoms with E-state index in [1.54, 1.807) is 19.9 Å². The topological polar surface area (TPSA) is 121 Å². The van der Waals surface area contributed by atoms with E-state index in [-0.39, 0.29) is 17.5 Å². The van der Waals surface area contributed by atoms with Crippen LogP contribution in [0.4, 0.5) is 0 Å². The molecule has 21 heavy (non-hydrogen) atoms. The van der Waals surface area contributed by atoms with Gasteiger partial charge in [0.1, 0.15) is 5.60 Å². The Bertz CT molecular complexity index is 704. The number of H-pyrrole nitrogens is 1. The van der Waals surface area contributed by atoms with E-state index in [9.17, 15) is 9.90 Å². The number of pyridine rings is 1. The summed E-state index contributed by atoms with van der Waals surface area (Å²) in [6.07, 6.45) is 1.44. The van der Waals surface area contributed by atoms with Gasteiger partial charge in [-0.15, -0.1) is 0 Å². The van der Waals surface area contributed by atoms with Gasteiger partial charge in [0.25, 0.3) is 5.88 Å². The lowest BCUT2D eigenvalue weighted by Gasteiger charge is -2.06. The molecule has 0 spiro atoms. The highest BCUT2D eigenvalue weighted by Crippen LogP contribution is 2.19. The molecule has 0 aliphatic heterocycles. The van der Waals surface area contributed by atoms with Gasteiger partial charge < -0.3 is 14.9 Å². The first kappa shape index (κ1) is 14.5. The van der Waals surface area contributed by atoms with E-state index < -0.39 is 11.6 Å². The number of carboxylic acids is 1. The fourth-order valence-electron chi connectivity index (χ4n) is 1.27. The van der Waals surface area contributed by atoms with Gasteiger partial charge in [0.15, 0.2) is 0 Å². The number of aromatic nitrogens is 4. The number of ether oxygens (including phenoxy) is 1. The number of rotatable bonds is 3. The zero-order valence-electron chi connectivity index (χ0n) is 11.3. The first-order valence-electron chi connectivity index (χ1n) is 5.89. The maximum absolute atomic E-state index is 10.9. The molecule has 8 heteroatoms. The van der Waals surface area contributed by atoms with E-state index in [1.807, 2.05) is 0 Å². The Morgan fingerprint density at radius 2 is 2.19 bits per heavy atom. The maximum atomic E-state index is 10.9. The molecule has 108 valence electrons. The van der Waals surface area contributed by atoms with Crippen LogP contribution < -0.4 is 4.74 Å². The number of aromatic amines is 1. The number of aliphatic hydroxyl groups is 1. The summed E-state index contributed by atoms with van der Waals surface area (Å²) in [6, 6.07) is 3.14. The molecular formula is C13H12N4O4. The second kappa shape index (κ2) is 5.60. The third-order valence-electron chi connectivity index (χ3n) is 2.18. The smallest absolute Gasteiger partial charge is 0.359 e. The molecule has 2 rings (SSSR count). The zero-order valence-corrected chi connectivity index (χ0v) is 11.3.